The highest BCUT2D eigenvalue weighted by molar-refractivity contribution is 7.91. The van der Waals surface area contributed by atoms with Crippen molar-refractivity contribution in [3.63, 3.8) is 0 Å². The molecule has 14 nitrogen and oxygen atoms in total. The van der Waals surface area contributed by atoms with Gasteiger partial charge < -0.3 is 29.7 Å². The zero-order valence-corrected chi connectivity index (χ0v) is 35.4. The Kier molecular flexibility index (Phi) is 12.9. The van der Waals surface area contributed by atoms with Gasteiger partial charge >= 0.3 is 6.09 Å². The highest BCUT2D eigenvalue weighted by Gasteiger charge is 2.62. The number of carbonyl (C=O) groups is 4. The molecule has 2 aliphatic heterocycles. The van der Waals surface area contributed by atoms with E-state index < -0.39 is 99.2 Å². The minimum Gasteiger partial charge on any atom is -0.472 e. The predicted octanol–water partition coefficient (Wildman–Crippen LogP) is 5.90. The van der Waals surface area contributed by atoms with Gasteiger partial charge in [0.1, 0.15) is 23.7 Å². The third-order valence-corrected chi connectivity index (χ3v) is 13.8. The van der Waals surface area contributed by atoms with Gasteiger partial charge in [0.05, 0.1) is 11.8 Å². The van der Waals surface area contributed by atoms with Crippen molar-refractivity contribution in [2.75, 3.05) is 13.2 Å². The third-order valence-electron chi connectivity index (χ3n) is 11.7. The fourth-order valence-electron chi connectivity index (χ4n) is 7.63. The summed E-state index contributed by atoms with van der Waals surface area (Å²) >= 11 is 6.45. The smallest absolute Gasteiger partial charge is 0.408 e. The third kappa shape index (κ3) is 10.0. The van der Waals surface area contributed by atoms with Crippen LogP contribution in [0, 0.1) is 17.8 Å². The molecule has 2 aliphatic carbocycles. The van der Waals surface area contributed by atoms with Crippen molar-refractivity contribution in [2.45, 2.75) is 126 Å². The van der Waals surface area contributed by atoms with Crippen LogP contribution in [0.5, 0.6) is 11.8 Å². The number of alkyl halides is 4. The molecule has 330 valence electrons. The Hall–Kier alpha value is -4.39. The zero-order valence-electron chi connectivity index (χ0n) is 33.8. The lowest BCUT2D eigenvalue weighted by molar-refractivity contribution is -0.152. The zero-order chi connectivity index (χ0) is 43.9. The van der Waals surface area contributed by atoms with Crippen molar-refractivity contribution < 1.29 is 59.4 Å². The summed E-state index contributed by atoms with van der Waals surface area (Å²) in [4.78, 5) is 61.9. The summed E-state index contributed by atoms with van der Waals surface area (Å²) in [5.41, 5.74) is -3.95. The molecular formula is C40H50ClF4N5O9S. The first-order valence-corrected chi connectivity index (χ1v) is 21.8. The Labute approximate surface area is 350 Å². The van der Waals surface area contributed by atoms with Crippen molar-refractivity contribution >= 4 is 56.2 Å². The summed E-state index contributed by atoms with van der Waals surface area (Å²) < 4.78 is 99.7. The van der Waals surface area contributed by atoms with E-state index in [9.17, 15) is 45.2 Å². The number of alkyl carbamates (subject to hydrolysis) is 1. The van der Waals surface area contributed by atoms with E-state index in [4.69, 9.17) is 25.8 Å². The second kappa shape index (κ2) is 17.2. The minimum atomic E-state index is -4.02. The molecule has 60 heavy (non-hydrogen) atoms. The number of halogens is 5. The Morgan fingerprint density at radius 1 is 1.10 bits per heavy atom. The van der Waals surface area contributed by atoms with Gasteiger partial charge in [-0.05, 0) is 76.3 Å². The van der Waals surface area contributed by atoms with Gasteiger partial charge in [-0.2, -0.15) is 4.98 Å². The minimum absolute atomic E-state index is 0.0359. The van der Waals surface area contributed by atoms with Crippen LogP contribution in [-0.2, 0) is 29.1 Å². The first kappa shape index (κ1) is 45.1. The molecule has 0 unspecified atom stereocenters. The number of rotatable bonds is 11. The predicted molar refractivity (Wildman–Crippen MR) is 211 cm³/mol. The number of benzene rings is 1. The summed E-state index contributed by atoms with van der Waals surface area (Å²) in [6.45, 7) is 4.99. The molecule has 1 aromatic heterocycles. The molecule has 0 spiro atoms. The van der Waals surface area contributed by atoms with Crippen LogP contribution in [0.3, 0.4) is 0 Å². The average molecular weight is 888 g/mol. The van der Waals surface area contributed by atoms with Crippen LogP contribution in [0.2, 0.25) is 5.02 Å². The number of aromatic nitrogens is 1. The van der Waals surface area contributed by atoms with Gasteiger partial charge in [-0.25, -0.2) is 30.8 Å². The summed E-state index contributed by atoms with van der Waals surface area (Å²) in [7, 11) is -4.02. The molecule has 3 fully saturated rings. The van der Waals surface area contributed by atoms with Crippen LogP contribution in [0.15, 0.2) is 36.4 Å². The fourth-order valence-corrected chi connectivity index (χ4v) is 9.22. The number of ether oxygens (including phenoxy) is 3. The number of pyridine rings is 1. The number of nitrogens with zero attached hydrogens (tertiary/aromatic N) is 2. The average Bonchev–Trinajstić information content (AvgIpc) is 4.07. The molecule has 4 amide bonds. The van der Waals surface area contributed by atoms with Crippen LogP contribution in [0.1, 0.15) is 79.6 Å². The van der Waals surface area contributed by atoms with Crippen molar-refractivity contribution in [1.29, 1.82) is 0 Å². The molecule has 3 heterocycles. The van der Waals surface area contributed by atoms with E-state index in [0.717, 1.165) is 18.7 Å². The van der Waals surface area contributed by atoms with Gasteiger partial charge in [0, 0.05) is 41.1 Å². The van der Waals surface area contributed by atoms with Gasteiger partial charge in [-0.1, -0.05) is 43.7 Å². The Bertz CT molecular complexity index is 2140. The Morgan fingerprint density at radius 2 is 1.82 bits per heavy atom. The fraction of sp³-hybridized carbons (Fsp3) is 0.625. The molecule has 20 heteroatoms. The normalized spacial score (nSPS) is 28.4. The van der Waals surface area contributed by atoms with Gasteiger partial charge in [0.2, 0.25) is 33.6 Å². The second-order valence-electron chi connectivity index (χ2n) is 17.0. The van der Waals surface area contributed by atoms with Gasteiger partial charge in [0.15, 0.2) is 12.2 Å². The van der Waals surface area contributed by atoms with Crippen LogP contribution in [0.25, 0.3) is 10.8 Å². The number of hydrogen-bond acceptors (Lipinski definition) is 10. The van der Waals surface area contributed by atoms with Crippen LogP contribution < -0.4 is 24.8 Å². The molecule has 0 radical (unpaired) electrons. The largest absolute Gasteiger partial charge is 0.472 e. The van der Waals surface area contributed by atoms with Crippen molar-refractivity contribution in [3.05, 3.63) is 41.4 Å². The second-order valence-corrected chi connectivity index (χ2v) is 19.3. The maximum atomic E-state index is 14.8. The van der Waals surface area contributed by atoms with E-state index in [2.05, 4.69) is 20.3 Å². The SMILES string of the molecule is C[C@H]1CC/C=C\[C@@H]2C[C@@]2(C(=O)NS(=O)(=O)C2CC2)NC(=O)[C@@H]2C[C@@H](Oc3nc(OCC(F)F)cc4c(Cl)cccc34)CN2C(=O)[C@@H](NC(=O)OC(C)(C)C(C)(F)F)[C@H](C)C1. The Balaban J connectivity index is 1.37. The number of allylic oxidation sites excluding steroid dienone is 1. The molecule has 1 aromatic carbocycles. The molecule has 4 aliphatic rings. The summed E-state index contributed by atoms with van der Waals surface area (Å²) in [6, 6.07) is 3.35. The molecule has 6 rings (SSSR count). The molecule has 2 saturated carbocycles. The van der Waals surface area contributed by atoms with Crippen molar-refractivity contribution in [3.8, 4) is 11.8 Å². The topological polar surface area (TPSA) is 182 Å². The number of carbonyl (C=O) groups excluding carboxylic acids is 4. The van der Waals surface area contributed by atoms with Crippen molar-refractivity contribution in [2.24, 2.45) is 17.8 Å². The van der Waals surface area contributed by atoms with Gasteiger partial charge in [-0.15, -0.1) is 0 Å². The number of hydrogen-bond donors (Lipinski definition) is 3. The highest BCUT2D eigenvalue weighted by atomic mass is 35.5. The highest BCUT2D eigenvalue weighted by Crippen LogP contribution is 2.46. The van der Waals surface area contributed by atoms with Crippen LogP contribution in [0.4, 0.5) is 22.4 Å². The number of fused-ring (bicyclic) bond motifs is 3. The molecular weight excluding hydrogens is 838 g/mol. The van der Waals surface area contributed by atoms with E-state index in [1.807, 2.05) is 13.0 Å². The number of amides is 4. The molecule has 3 N–H and O–H groups in total. The molecule has 2 aromatic rings. The summed E-state index contributed by atoms with van der Waals surface area (Å²) in [5, 5.41) is 5.45. The lowest BCUT2D eigenvalue weighted by Crippen LogP contribution is -2.59. The van der Waals surface area contributed by atoms with E-state index >= 15 is 0 Å². The van der Waals surface area contributed by atoms with E-state index in [1.165, 1.54) is 6.07 Å². The first-order valence-electron chi connectivity index (χ1n) is 19.9. The molecule has 7 atom stereocenters. The Morgan fingerprint density at radius 3 is 2.48 bits per heavy atom. The number of sulfonamides is 1. The van der Waals surface area contributed by atoms with Crippen molar-refractivity contribution in [1.82, 2.24) is 25.2 Å². The summed E-state index contributed by atoms with van der Waals surface area (Å²) in [6.07, 6.45) is 0.624. The standard InChI is InChI=1S/C40H50ClF4N5O9S/c1-21-9-6-7-10-23-18-40(23,36(53)49-60(55,56)25-13-14-25)48-33(51)29-16-24(58-34-26-11-8-12-28(41)27(26)17-31(46-34)57-20-30(42)43)19-50(29)35(52)32(22(2)15-21)47-37(54)59-38(3,4)39(5,44)45/h7-8,10-12,17,21-25,29-30,32H,6,9,13-16,18-20H2,1-5H3,(H,47,54)(H,48,51)(H,49,53)/b10-7-/t21-,22+,23+,24+,29-,32-,40+/m0/s1. The van der Waals surface area contributed by atoms with Gasteiger partial charge in [0.25, 0.3) is 18.3 Å². The molecule has 0 bridgehead atoms. The lowest BCUT2D eigenvalue weighted by atomic mass is 9.88. The monoisotopic (exact) mass is 887 g/mol. The number of nitrogens with one attached hydrogen (secondary N) is 3. The maximum Gasteiger partial charge on any atom is 0.408 e. The lowest BCUT2D eigenvalue weighted by Gasteiger charge is -2.35. The quantitative estimate of drug-likeness (QED) is 0.181. The van der Waals surface area contributed by atoms with Crippen LogP contribution in [-0.4, -0.2) is 102 Å². The van der Waals surface area contributed by atoms with Crippen LogP contribution >= 0.6 is 11.6 Å². The van der Waals surface area contributed by atoms with E-state index in [0.29, 0.717) is 49.8 Å². The maximum absolute atomic E-state index is 14.8. The summed E-state index contributed by atoms with van der Waals surface area (Å²) in [5.74, 6) is -7.59. The van der Waals surface area contributed by atoms with E-state index in [1.54, 1.807) is 31.2 Å². The molecule has 1 saturated heterocycles. The van der Waals surface area contributed by atoms with Gasteiger partial charge in [-0.3, -0.25) is 19.1 Å². The van der Waals surface area contributed by atoms with E-state index in [-0.39, 0.29) is 42.1 Å². The first-order chi connectivity index (χ1) is 28.0.